The summed E-state index contributed by atoms with van der Waals surface area (Å²) in [6.45, 7) is 13.2. The topological polar surface area (TPSA) is 93.2 Å². The molecule has 0 saturated carbocycles. The Bertz CT molecular complexity index is 2350. The first-order valence-corrected chi connectivity index (χ1v) is 23.0. The number of unbranched alkanes of at least 4 members (excludes halogenated alkanes) is 1. The molecule has 9 heteroatoms. The molecule has 4 amide bonds. The predicted octanol–water partition coefficient (Wildman–Crippen LogP) is 8.31. The van der Waals surface area contributed by atoms with E-state index < -0.39 is 23.6 Å². The van der Waals surface area contributed by atoms with Gasteiger partial charge in [-0.3, -0.25) is 9.59 Å². The van der Waals surface area contributed by atoms with Gasteiger partial charge in [0.05, 0.1) is 11.1 Å². The Morgan fingerprint density at radius 2 is 1.12 bits per heavy atom. The molecular weight excluding hydrogens is 839 g/mol. The third kappa shape index (κ3) is 8.06. The first-order chi connectivity index (χ1) is 27.9. The molecule has 58 heavy (non-hydrogen) atoms. The number of carbonyl (C=O) groups is 4. The number of imide groups is 2. The summed E-state index contributed by atoms with van der Waals surface area (Å²) in [5, 5.41) is 0. The number of halogens is 1. The van der Waals surface area contributed by atoms with Crippen LogP contribution in [0.5, 0.6) is 17.2 Å². The SMILES string of the molecule is CCCC[I-]C(CC)Oc1ccc2c(c1)C(=O)N(c1cccc(N3C(=O)c4ccc(Oc5ccc(C(C)(C)c6ccc(C(C)CCC)cc6)cc5)cc4C3=O)c1)C2=O. The van der Waals surface area contributed by atoms with Crippen LogP contribution >= 0.6 is 0 Å². The fourth-order valence-corrected chi connectivity index (χ4v) is 10.6. The summed E-state index contributed by atoms with van der Waals surface area (Å²) in [6.07, 6.45) is 5.54. The quantitative estimate of drug-likeness (QED) is 0.0429. The van der Waals surface area contributed by atoms with E-state index in [9.17, 15) is 19.2 Å². The van der Waals surface area contributed by atoms with E-state index in [-0.39, 0.29) is 64.4 Å². The number of nitrogens with zero attached hydrogens (tertiary/aromatic N) is 2. The van der Waals surface area contributed by atoms with Crippen molar-refractivity contribution in [3.63, 3.8) is 0 Å². The van der Waals surface area contributed by atoms with Gasteiger partial charge >= 0.3 is 181 Å². The van der Waals surface area contributed by atoms with Gasteiger partial charge < -0.3 is 4.74 Å². The van der Waals surface area contributed by atoms with Gasteiger partial charge in [0.1, 0.15) is 11.5 Å². The Morgan fingerprint density at radius 3 is 1.67 bits per heavy atom. The molecule has 2 heterocycles. The fraction of sp³-hybridized carbons (Fsp3) is 0.306. The zero-order valence-electron chi connectivity index (χ0n) is 34.0. The van der Waals surface area contributed by atoms with E-state index in [1.54, 1.807) is 54.6 Å². The van der Waals surface area contributed by atoms with Crippen molar-refractivity contribution in [1.29, 1.82) is 0 Å². The molecule has 8 nitrogen and oxygen atoms in total. The second-order valence-electron chi connectivity index (χ2n) is 15.5. The molecule has 5 aromatic carbocycles. The summed E-state index contributed by atoms with van der Waals surface area (Å²) >= 11 is -0.160. The molecule has 0 fully saturated rings. The van der Waals surface area contributed by atoms with E-state index >= 15 is 0 Å². The number of hydrogen-bond acceptors (Lipinski definition) is 6. The van der Waals surface area contributed by atoms with Gasteiger partial charge in [-0.15, -0.1) is 0 Å². The van der Waals surface area contributed by atoms with E-state index in [1.165, 1.54) is 34.5 Å². The van der Waals surface area contributed by atoms with Crippen LogP contribution in [0.25, 0.3) is 0 Å². The molecular formula is C49H50IN2O6-. The number of amides is 4. The first-order valence-electron chi connectivity index (χ1n) is 20.2. The van der Waals surface area contributed by atoms with Gasteiger partial charge in [0.15, 0.2) is 0 Å². The zero-order chi connectivity index (χ0) is 41.1. The summed E-state index contributed by atoms with van der Waals surface area (Å²) in [5.41, 5.74) is 5.00. The average molecular weight is 890 g/mol. The number of carbonyl (C=O) groups excluding carboxylic acids is 4. The van der Waals surface area contributed by atoms with Crippen molar-refractivity contribution in [1.82, 2.24) is 0 Å². The van der Waals surface area contributed by atoms with Crippen LogP contribution in [0.15, 0.2) is 109 Å². The minimum absolute atomic E-state index is 0.128. The van der Waals surface area contributed by atoms with Crippen molar-refractivity contribution in [2.45, 2.75) is 89.1 Å². The van der Waals surface area contributed by atoms with Crippen LogP contribution in [0, 0.1) is 0 Å². The Morgan fingerprint density at radius 1 is 0.603 bits per heavy atom. The third-order valence-corrected chi connectivity index (χ3v) is 14.7. The molecule has 0 spiro atoms. The molecule has 7 rings (SSSR count). The van der Waals surface area contributed by atoms with Crippen molar-refractivity contribution in [2.24, 2.45) is 0 Å². The summed E-state index contributed by atoms with van der Waals surface area (Å²) in [5.74, 6) is 0.145. The van der Waals surface area contributed by atoms with Crippen molar-refractivity contribution >= 4 is 35.0 Å². The van der Waals surface area contributed by atoms with Crippen LogP contribution in [0.4, 0.5) is 11.4 Å². The normalized spacial score (nSPS) is 14.9. The van der Waals surface area contributed by atoms with E-state index in [1.807, 2.05) is 12.1 Å². The number of benzene rings is 5. The molecule has 2 aliphatic heterocycles. The van der Waals surface area contributed by atoms with Crippen LogP contribution in [-0.2, 0) is 5.41 Å². The van der Waals surface area contributed by atoms with E-state index in [2.05, 4.69) is 77.9 Å². The van der Waals surface area contributed by atoms with E-state index in [0.717, 1.165) is 34.6 Å². The Labute approximate surface area is 351 Å². The van der Waals surface area contributed by atoms with Crippen LogP contribution in [0.2, 0.25) is 0 Å². The maximum absolute atomic E-state index is 13.9. The predicted molar refractivity (Wildman–Crippen MR) is 224 cm³/mol. The number of fused-ring (bicyclic) bond motifs is 2. The van der Waals surface area contributed by atoms with Crippen molar-refractivity contribution in [2.75, 3.05) is 14.2 Å². The third-order valence-electron chi connectivity index (χ3n) is 11.2. The van der Waals surface area contributed by atoms with Crippen LogP contribution < -0.4 is 40.5 Å². The van der Waals surface area contributed by atoms with Gasteiger partial charge in [-0.2, -0.15) is 0 Å². The standard InChI is InChI=1S/C49H50IN2O6/c1-7-10-27-50-44(9-3)58-39-24-26-41-43(30-39)48(56)52(46(41)54)36-14-11-13-35(28-36)51-45(53)40-25-23-38(29-42(40)47(51)55)57-37-21-19-34(20-22-37)49(5,6)33-17-15-32(16-18-33)31(4)12-8-2/h11,13-26,28-31,44H,7-10,12,27H2,1-6H3/q-1. The van der Waals surface area contributed by atoms with Gasteiger partial charge in [0, 0.05) is 5.41 Å². The first kappa shape index (κ1) is 40.9. The summed E-state index contributed by atoms with van der Waals surface area (Å²) < 4.78 is 13.8. The molecule has 2 aliphatic rings. The van der Waals surface area contributed by atoms with Gasteiger partial charge in [0.25, 0.3) is 0 Å². The van der Waals surface area contributed by atoms with Crippen molar-refractivity contribution < 1.29 is 49.9 Å². The zero-order valence-corrected chi connectivity index (χ0v) is 36.2. The molecule has 0 bridgehead atoms. The second kappa shape index (κ2) is 17.3. The summed E-state index contributed by atoms with van der Waals surface area (Å²) in [6, 6.07) is 33.1. The number of alkyl halides is 2. The Kier molecular flexibility index (Phi) is 12.2. The van der Waals surface area contributed by atoms with Crippen LogP contribution in [0.1, 0.15) is 138 Å². The molecule has 0 saturated heterocycles. The van der Waals surface area contributed by atoms with Crippen molar-refractivity contribution in [3.8, 4) is 17.2 Å². The van der Waals surface area contributed by atoms with Gasteiger partial charge in [-0.25, -0.2) is 0 Å². The summed E-state index contributed by atoms with van der Waals surface area (Å²) in [4.78, 5) is 57.0. The van der Waals surface area contributed by atoms with E-state index in [4.69, 9.17) is 9.47 Å². The molecule has 0 radical (unpaired) electrons. The monoisotopic (exact) mass is 889 g/mol. The van der Waals surface area contributed by atoms with Crippen LogP contribution in [0.3, 0.4) is 0 Å². The Balaban J connectivity index is 1.04. The van der Waals surface area contributed by atoms with Gasteiger partial charge in [-0.05, 0) is 59.4 Å². The Hall–Kier alpha value is -5.29. The summed E-state index contributed by atoms with van der Waals surface area (Å²) in [7, 11) is 0. The van der Waals surface area contributed by atoms with Crippen LogP contribution in [-0.4, -0.2) is 32.2 Å². The molecule has 2 atom stereocenters. The number of anilines is 2. The van der Waals surface area contributed by atoms with Crippen molar-refractivity contribution in [3.05, 3.63) is 148 Å². The number of ether oxygens (including phenoxy) is 2. The van der Waals surface area contributed by atoms with E-state index in [0.29, 0.717) is 23.2 Å². The molecule has 0 aliphatic carbocycles. The molecule has 300 valence electrons. The molecule has 5 aromatic rings. The maximum atomic E-state index is 13.9. The minimum atomic E-state index is -0.522. The second-order valence-corrected chi connectivity index (χ2v) is 18.9. The number of rotatable bonds is 16. The average Bonchev–Trinajstić information content (AvgIpc) is 3.63. The van der Waals surface area contributed by atoms with Gasteiger partial charge in [-0.1, -0.05) is 70.5 Å². The fourth-order valence-electron chi connectivity index (χ4n) is 7.59. The molecule has 2 unspecified atom stereocenters. The number of hydrogen-bond donors (Lipinski definition) is 0. The molecule has 0 N–H and O–H groups in total. The molecule has 0 aromatic heterocycles. The van der Waals surface area contributed by atoms with Gasteiger partial charge in [0.2, 0.25) is 0 Å².